The molecule has 1 aromatic rings. The molecule has 6 heteroatoms. The highest BCUT2D eigenvalue weighted by Crippen LogP contribution is 2.18. The highest BCUT2D eigenvalue weighted by atomic mass is 16.5. The van der Waals surface area contributed by atoms with Crippen molar-refractivity contribution in [3.05, 3.63) is 29.8 Å². The van der Waals surface area contributed by atoms with Gasteiger partial charge in [-0.05, 0) is 51.4 Å². The lowest BCUT2D eigenvalue weighted by Gasteiger charge is -2.21. The van der Waals surface area contributed by atoms with Crippen LogP contribution in [0.3, 0.4) is 0 Å². The van der Waals surface area contributed by atoms with Crippen molar-refractivity contribution in [2.75, 3.05) is 6.54 Å². The Bertz CT molecular complexity index is 422. The van der Waals surface area contributed by atoms with Crippen molar-refractivity contribution in [1.29, 1.82) is 0 Å². The van der Waals surface area contributed by atoms with Crippen LogP contribution in [0, 0.1) is 0 Å². The Balaban J connectivity index is 0.000000511. The van der Waals surface area contributed by atoms with Crippen molar-refractivity contribution in [2.24, 2.45) is 5.73 Å². The molecule has 0 unspecified atom stereocenters. The summed E-state index contributed by atoms with van der Waals surface area (Å²) in [5, 5.41) is 14.8. The number of carboxylic acid groups (broad SMARTS) is 2. The third-order valence-corrected chi connectivity index (χ3v) is 1.96. The molecule has 0 aromatic heterocycles. The zero-order valence-electron chi connectivity index (χ0n) is 11.9. The van der Waals surface area contributed by atoms with E-state index in [2.05, 4.69) is 12.1 Å². The number of hydrogen-bond donors (Lipinski definition) is 3. The molecule has 0 fully saturated rings. The van der Waals surface area contributed by atoms with Crippen molar-refractivity contribution in [2.45, 2.75) is 32.8 Å². The fourth-order valence-corrected chi connectivity index (χ4v) is 1.24. The molecule has 1 rings (SSSR count). The monoisotopic (exact) mass is 283 g/mol. The molecule has 0 atom stereocenters. The van der Waals surface area contributed by atoms with E-state index in [1.54, 1.807) is 0 Å². The van der Waals surface area contributed by atoms with E-state index in [0.717, 1.165) is 12.2 Å². The SMILES string of the molecule is CC(C)(C)Oc1ccc(CCN)cc1.O=C(O)C(=O)O. The molecule has 0 aliphatic carbocycles. The average molecular weight is 283 g/mol. The first-order valence-electron chi connectivity index (χ1n) is 6.10. The third kappa shape index (κ3) is 8.93. The lowest BCUT2D eigenvalue weighted by molar-refractivity contribution is -0.159. The van der Waals surface area contributed by atoms with Crippen LogP contribution in [0.1, 0.15) is 26.3 Å². The second-order valence-electron chi connectivity index (χ2n) is 5.01. The smallest absolute Gasteiger partial charge is 0.414 e. The number of carboxylic acids is 2. The summed E-state index contributed by atoms with van der Waals surface area (Å²) in [4.78, 5) is 18.2. The molecule has 6 nitrogen and oxygen atoms in total. The van der Waals surface area contributed by atoms with E-state index in [1.807, 2.05) is 32.9 Å². The van der Waals surface area contributed by atoms with Crippen LogP contribution in [0.15, 0.2) is 24.3 Å². The first-order chi connectivity index (χ1) is 9.15. The van der Waals surface area contributed by atoms with Gasteiger partial charge in [0.1, 0.15) is 11.4 Å². The number of rotatable bonds is 3. The molecule has 4 N–H and O–H groups in total. The Labute approximate surface area is 118 Å². The Morgan fingerprint density at radius 3 is 1.85 bits per heavy atom. The second-order valence-corrected chi connectivity index (χ2v) is 5.01. The molecule has 0 saturated carbocycles. The van der Waals surface area contributed by atoms with E-state index in [1.165, 1.54) is 5.56 Å². The van der Waals surface area contributed by atoms with Gasteiger partial charge in [0.05, 0.1) is 0 Å². The van der Waals surface area contributed by atoms with Gasteiger partial charge < -0.3 is 20.7 Å². The van der Waals surface area contributed by atoms with Crippen LogP contribution in [0.2, 0.25) is 0 Å². The van der Waals surface area contributed by atoms with Crippen molar-refractivity contribution >= 4 is 11.9 Å². The molecular formula is C14H21NO5. The van der Waals surface area contributed by atoms with E-state index in [4.69, 9.17) is 30.3 Å². The molecule has 0 aliphatic rings. The highest BCUT2D eigenvalue weighted by Gasteiger charge is 2.11. The Kier molecular flexibility index (Phi) is 7.31. The largest absolute Gasteiger partial charge is 0.488 e. The molecule has 20 heavy (non-hydrogen) atoms. The molecule has 0 amide bonds. The predicted octanol–water partition coefficient (Wildman–Crippen LogP) is 1.52. The topological polar surface area (TPSA) is 110 Å². The van der Waals surface area contributed by atoms with Gasteiger partial charge in [0, 0.05) is 0 Å². The van der Waals surface area contributed by atoms with E-state index in [0.29, 0.717) is 6.54 Å². The quantitative estimate of drug-likeness (QED) is 0.725. The molecule has 0 saturated heterocycles. The van der Waals surface area contributed by atoms with E-state index < -0.39 is 11.9 Å². The van der Waals surface area contributed by atoms with Gasteiger partial charge in [-0.3, -0.25) is 0 Å². The molecule has 112 valence electrons. The van der Waals surface area contributed by atoms with E-state index in [9.17, 15) is 0 Å². The Morgan fingerprint density at radius 2 is 1.55 bits per heavy atom. The normalized spacial score (nSPS) is 10.2. The Hall–Kier alpha value is -2.08. The van der Waals surface area contributed by atoms with Crippen molar-refractivity contribution in [3.63, 3.8) is 0 Å². The maximum Gasteiger partial charge on any atom is 0.414 e. The van der Waals surface area contributed by atoms with Gasteiger partial charge in [0.25, 0.3) is 0 Å². The lowest BCUT2D eigenvalue weighted by Crippen LogP contribution is -2.22. The minimum absolute atomic E-state index is 0.130. The summed E-state index contributed by atoms with van der Waals surface area (Å²) in [6.45, 7) is 6.82. The fraction of sp³-hybridized carbons (Fsp3) is 0.429. The number of ether oxygens (including phenoxy) is 1. The van der Waals surface area contributed by atoms with Crippen LogP contribution in [0.25, 0.3) is 0 Å². The highest BCUT2D eigenvalue weighted by molar-refractivity contribution is 6.27. The summed E-state index contributed by atoms with van der Waals surface area (Å²) in [6, 6.07) is 8.12. The number of nitrogens with two attached hydrogens (primary N) is 1. The first kappa shape index (κ1) is 17.9. The summed E-state index contributed by atoms with van der Waals surface area (Å²) < 4.78 is 5.70. The fourth-order valence-electron chi connectivity index (χ4n) is 1.24. The standard InChI is InChI=1S/C12H19NO.C2H2O4/c1-12(2,3)14-11-6-4-10(5-7-11)8-9-13;3-1(4)2(5)6/h4-7H,8-9,13H2,1-3H3;(H,3,4)(H,5,6). The zero-order chi connectivity index (χ0) is 15.8. The summed E-state index contributed by atoms with van der Waals surface area (Å²) in [7, 11) is 0. The van der Waals surface area contributed by atoms with Gasteiger partial charge in [-0.25, -0.2) is 9.59 Å². The number of benzene rings is 1. The van der Waals surface area contributed by atoms with Crippen molar-refractivity contribution < 1.29 is 24.5 Å². The maximum absolute atomic E-state index is 9.10. The molecule has 1 aromatic carbocycles. The van der Waals surface area contributed by atoms with Gasteiger partial charge in [-0.15, -0.1) is 0 Å². The minimum Gasteiger partial charge on any atom is -0.488 e. The summed E-state index contributed by atoms with van der Waals surface area (Å²) in [6.07, 6.45) is 0.926. The second kappa shape index (κ2) is 8.16. The average Bonchev–Trinajstić information content (AvgIpc) is 2.31. The van der Waals surface area contributed by atoms with E-state index in [-0.39, 0.29) is 5.60 Å². The van der Waals surface area contributed by atoms with Crippen molar-refractivity contribution in [3.8, 4) is 5.75 Å². The number of carbonyl (C=O) groups is 2. The van der Waals surface area contributed by atoms with Crippen LogP contribution in [-0.4, -0.2) is 34.3 Å². The molecular weight excluding hydrogens is 262 g/mol. The first-order valence-corrected chi connectivity index (χ1v) is 6.10. The molecule has 0 radical (unpaired) electrons. The predicted molar refractivity (Wildman–Crippen MR) is 74.9 cm³/mol. The van der Waals surface area contributed by atoms with E-state index >= 15 is 0 Å². The third-order valence-electron chi connectivity index (χ3n) is 1.96. The minimum atomic E-state index is -1.82. The summed E-state index contributed by atoms with van der Waals surface area (Å²) >= 11 is 0. The van der Waals surface area contributed by atoms with Crippen LogP contribution in [0.5, 0.6) is 5.75 Å². The molecule has 0 bridgehead atoms. The summed E-state index contributed by atoms with van der Waals surface area (Å²) in [5.74, 6) is -2.73. The van der Waals surface area contributed by atoms with Gasteiger partial charge in [0.2, 0.25) is 0 Å². The van der Waals surface area contributed by atoms with Crippen LogP contribution in [-0.2, 0) is 16.0 Å². The lowest BCUT2D eigenvalue weighted by atomic mass is 10.1. The van der Waals surface area contributed by atoms with Gasteiger partial charge in [-0.2, -0.15) is 0 Å². The van der Waals surface area contributed by atoms with Crippen molar-refractivity contribution in [1.82, 2.24) is 0 Å². The molecule has 0 aliphatic heterocycles. The number of hydrogen-bond acceptors (Lipinski definition) is 4. The zero-order valence-corrected chi connectivity index (χ0v) is 11.9. The molecule has 0 heterocycles. The molecule has 0 spiro atoms. The van der Waals surface area contributed by atoms with Gasteiger partial charge >= 0.3 is 11.9 Å². The summed E-state index contributed by atoms with van der Waals surface area (Å²) in [5.41, 5.74) is 6.60. The van der Waals surface area contributed by atoms with Crippen LogP contribution < -0.4 is 10.5 Å². The van der Waals surface area contributed by atoms with Crippen LogP contribution in [0.4, 0.5) is 0 Å². The Morgan fingerprint density at radius 1 is 1.10 bits per heavy atom. The maximum atomic E-state index is 9.10. The van der Waals surface area contributed by atoms with Gasteiger partial charge in [0.15, 0.2) is 0 Å². The van der Waals surface area contributed by atoms with Gasteiger partial charge in [-0.1, -0.05) is 12.1 Å². The van der Waals surface area contributed by atoms with Crippen LogP contribution >= 0.6 is 0 Å². The number of aliphatic carboxylic acids is 2.